The number of fused-ring (bicyclic) bond motifs is 1. The molecule has 4 rings (SSSR count). The highest BCUT2D eigenvalue weighted by atomic mass is 16.2. The number of hydrogen-bond donors (Lipinski definition) is 2. The van der Waals surface area contributed by atoms with E-state index < -0.39 is 0 Å². The molecule has 1 aromatic rings. The van der Waals surface area contributed by atoms with Crippen LogP contribution in [0.5, 0.6) is 0 Å². The van der Waals surface area contributed by atoms with Gasteiger partial charge in [-0.3, -0.25) is 0 Å². The maximum atomic E-state index is 12.3. The summed E-state index contributed by atoms with van der Waals surface area (Å²) in [6.07, 6.45) is 8.52. The second kappa shape index (κ2) is 7.14. The Bertz CT molecular complexity index is 576. The van der Waals surface area contributed by atoms with Crippen LogP contribution in [0.15, 0.2) is 24.3 Å². The van der Waals surface area contributed by atoms with Crippen LogP contribution in [-0.4, -0.2) is 42.6 Å². The van der Waals surface area contributed by atoms with Crippen molar-refractivity contribution in [1.29, 1.82) is 0 Å². The van der Waals surface area contributed by atoms with Crippen molar-refractivity contribution in [3.05, 3.63) is 35.4 Å². The normalized spacial score (nSPS) is 25.1. The molecule has 1 heterocycles. The first-order chi connectivity index (χ1) is 11.8. The minimum absolute atomic E-state index is 0.0166. The number of nitrogens with zero attached hydrogens (tertiary/aromatic N) is 1. The molecule has 2 N–H and O–H groups in total. The van der Waals surface area contributed by atoms with E-state index in [1.54, 1.807) is 0 Å². The van der Waals surface area contributed by atoms with Gasteiger partial charge in [-0.05, 0) is 56.1 Å². The van der Waals surface area contributed by atoms with Crippen molar-refractivity contribution in [2.24, 2.45) is 0 Å². The molecule has 0 radical (unpaired) electrons. The fraction of sp³-hybridized carbons (Fsp3) is 0.650. The van der Waals surface area contributed by atoms with E-state index in [9.17, 15) is 4.79 Å². The third kappa shape index (κ3) is 3.75. The Hall–Kier alpha value is -1.55. The van der Waals surface area contributed by atoms with Crippen LogP contribution in [0, 0.1) is 0 Å². The summed E-state index contributed by atoms with van der Waals surface area (Å²) in [5.41, 5.74) is 2.89. The number of hydrogen-bond acceptors (Lipinski definition) is 2. The Kier molecular flexibility index (Phi) is 4.74. The average Bonchev–Trinajstić information content (AvgIpc) is 3.46. The third-order valence-electron chi connectivity index (χ3n) is 5.93. The van der Waals surface area contributed by atoms with Gasteiger partial charge in [-0.25, -0.2) is 4.79 Å². The molecule has 130 valence electrons. The van der Waals surface area contributed by atoms with E-state index in [1.165, 1.54) is 43.2 Å². The van der Waals surface area contributed by atoms with Gasteiger partial charge in [0.15, 0.2) is 0 Å². The van der Waals surface area contributed by atoms with E-state index >= 15 is 0 Å². The summed E-state index contributed by atoms with van der Waals surface area (Å²) in [5, 5.41) is 6.31. The van der Waals surface area contributed by atoms with Crippen molar-refractivity contribution in [3.63, 3.8) is 0 Å². The predicted molar refractivity (Wildman–Crippen MR) is 96.3 cm³/mol. The van der Waals surface area contributed by atoms with Crippen molar-refractivity contribution in [2.75, 3.05) is 19.6 Å². The molecule has 0 bridgehead atoms. The van der Waals surface area contributed by atoms with E-state index in [0.717, 1.165) is 38.5 Å². The maximum absolute atomic E-state index is 12.3. The van der Waals surface area contributed by atoms with Crippen molar-refractivity contribution in [2.45, 2.75) is 62.9 Å². The van der Waals surface area contributed by atoms with Gasteiger partial charge in [0.25, 0.3) is 0 Å². The first kappa shape index (κ1) is 15.9. The summed E-state index contributed by atoms with van der Waals surface area (Å²) < 4.78 is 0. The predicted octanol–water partition coefficient (Wildman–Crippen LogP) is 3.03. The quantitative estimate of drug-likeness (QED) is 0.893. The van der Waals surface area contributed by atoms with E-state index in [1.807, 2.05) is 0 Å². The van der Waals surface area contributed by atoms with Crippen molar-refractivity contribution in [1.82, 2.24) is 15.5 Å². The fourth-order valence-electron chi connectivity index (χ4n) is 4.37. The number of benzene rings is 1. The number of carbonyl (C=O) groups excluding carboxylic acids is 1. The lowest BCUT2D eigenvalue weighted by molar-refractivity contribution is 0.185. The summed E-state index contributed by atoms with van der Waals surface area (Å²) in [6, 6.07) is 9.91. The van der Waals surface area contributed by atoms with Gasteiger partial charge >= 0.3 is 6.03 Å². The zero-order valence-electron chi connectivity index (χ0n) is 14.5. The first-order valence-corrected chi connectivity index (χ1v) is 9.66. The number of piperidine rings is 1. The highest BCUT2D eigenvalue weighted by Gasteiger charge is 2.32. The Morgan fingerprint density at radius 3 is 2.67 bits per heavy atom. The first-order valence-electron chi connectivity index (χ1n) is 9.66. The highest BCUT2D eigenvalue weighted by molar-refractivity contribution is 5.74. The van der Waals surface area contributed by atoms with E-state index in [2.05, 4.69) is 39.8 Å². The van der Waals surface area contributed by atoms with E-state index in [-0.39, 0.29) is 6.03 Å². The third-order valence-corrected chi connectivity index (χ3v) is 5.93. The zero-order valence-corrected chi connectivity index (χ0v) is 14.5. The van der Waals surface area contributed by atoms with Crippen LogP contribution < -0.4 is 10.6 Å². The molecular formula is C20H29N3O. The van der Waals surface area contributed by atoms with Crippen LogP contribution in [0.3, 0.4) is 0 Å². The molecule has 1 atom stereocenters. The van der Waals surface area contributed by atoms with Gasteiger partial charge in [-0.1, -0.05) is 24.3 Å². The number of amides is 2. The summed E-state index contributed by atoms with van der Waals surface area (Å²) in [6.45, 7) is 3.04. The molecule has 2 amide bonds. The smallest absolute Gasteiger partial charge is 0.315 e. The second-order valence-corrected chi connectivity index (χ2v) is 7.68. The van der Waals surface area contributed by atoms with Gasteiger partial charge in [0.1, 0.15) is 0 Å². The Balaban J connectivity index is 1.23. The number of rotatable bonds is 4. The summed E-state index contributed by atoms with van der Waals surface area (Å²) in [4.78, 5) is 14.9. The minimum atomic E-state index is 0.0166. The standard InChI is InChI=1S/C20H29N3O/c24-20(22-17-10-12-23(13-11-17)18-8-9-18)21-14-16-6-3-5-15-4-1-2-7-19(15)16/h1-2,4,7,16-18H,3,5-6,8-14H2,(H2,21,22,24). The number of carbonyl (C=O) groups is 1. The largest absolute Gasteiger partial charge is 0.338 e. The van der Waals surface area contributed by atoms with Gasteiger partial charge < -0.3 is 15.5 Å². The van der Waals surface area contributed by atoms with Crippen LogP contribution in [0.2, 0.25) is 0 Å². The Morgan fingerprint density at radius 2 is 1.88 bits per heavy atom. The second-order valence-electron chi connectivity index (χ2n) is 7.68. The molecule has 4 nitrogen and oxygen atoms in total. The molecule has 1 aromatic carbocycles. The van der Waals surface area contributed by atoms with Crippen LogP contribution >= 0.6 is 0 Å². The topological polar surface area (TPSA) is 44.4 Å². The fourth-order valence-corrected chi connectivity index (χ4v) is 4.37. The Labute approximate surface area is 145 Å². The number of urea groups is 1. The molecule has 24 heavy (non-hydrogen) atoms. The van der Waals surface area contributed by atoms with Gasteiger partial charge in [0.2, 0.25) is 0 Å². The number of likely N-dealkylation sites (tertiary alicyclic amines) is 1. The van der Waals surface area contributed by atoms with E-state index in [4.69, 9.17) is 0 Å². The summed E-state index contributed by atoms with van der Waals surface area (Å²) in [7, 11) is 0. The Morgan fingerprint density at radius 1 is 1.08 bits per heavy atom. The SMILES string of the molecule is O=C(NCC1CCCc2ccccc21)NC1CCN(C2CC2)CC1. The molecule has 2 fully saturated rings. The van der Waals surface area contributed by atoms with Crippen LogP contribution in [-0.2, 0) is 6.42 Å². The van der Waals surface area contributed by atoms with Crippen molar-refractivity contribution < 1.29 is 4.79 Å². The molecule has 3 aliphatic rings. The molecule has 1 aliphatic heterocycles. The highest BCUT2D eigenvalue weighted by Crippen LogP contribution is 2.31. The zero-order chi connectivity index (χ0) is 16.4. The lowest BCUT2D eigenvalue weighted by atomic mass is 9.83. The lowest BCUT2D eigenvalue weighted by Gasteiger charge is -2.32. The van der Waals surface area contributed by atoms with Gasteiger partial charge in [-0.2, -0.15) is 0 Å². The van der Waals surface area contributed by atoms with Crippen LogP contribution in [0.25, 0.3) is 0 Å². The summed E-state index contributed by atoms with van der Waals surface area (Å²) >= 11 is 0. The molecular weight excluding hydrogens is 298 g/mol. The maximum Gasteiger partial charge on any atom is 0.315 e. The molecule has 4 heteroatoms. The monoisotopic (exact) mass is 327 g/mol. The number of aryl methyl sites for hydroxylation is 1. The molecule has 1 saturated carbocycles. The van der Waals surface area contributed by atoms with Crippen molar-refractivity contribution in [3.8, 4) is 0 Å². The van der Waals surface area contributed by atoms with Gasteiger partial charge in [0, 0.05) is 37.6 Å². The van der Waals surface area contributed by atoms with Crippen molar-refractivity contribution >= 4 is 6.03 Å². The molecule has 1 saturated heterocycles. The molecule has 1 unspecified atom stereocenters. The average molecular weight is 327 g/mol. The van der Waals surface area contributed by atoms with Crippen LogP contribution in [0.4, 0.5) is 4.79 Å². The summed E-state index contributed by atoms with van der Waals surface area (Å²) in [5.74, 6) is 0.470. The van der Waals surface area contributed by atoms with Gasteiger partial charge in [-0.15, -0.1) is 0 Å². The minimum Gasteiger partial charge on any atom is -0.338 e. The van der Waals surface area contributed by atoms with Gasteiger partial charge in [0.05, 0.1) is 0 Å². The number of nitrogens with one attached hydrogen (secondary N) is 2. The lowest BCUT2D eigenvalue weighted by Crippen LogP contribution is -2.48. The van der Waals surface area contributed by atoms with E-state index in [0.29, 0.717) is 12.0 Å². The molecule has 2 aliphatic carbocycles. The molecule has 0 spiro atoms. The van der Waals surface area contributed by atoms with Crippen LogP contribution in [0.1, 0.15) is 55.6 Å². The molecule has 0 aromatic heterocycles.